The normalized spacial score (nSPS) is 28.9. The lowest BCUT2D eigenvalue weighted by molar-refractivity contribution is -0.126. The van der Waals surface area contributed by atoms with Crippen LogP contribution in [0.2, 0.25) is 0 Å². The fraction of sp³-hybridized carbons (Fsp3) is 0.500. The zero-order chi connectivity index (χ0) is 11.6. The maximum Gasteiger partial charge on any atom is 0.147 e. The lowest BCUT2D eigenvalue weighted by atomic mass is 9.65. The molecular weight excluding hydrogens is 200 g/mol. The molecule has 1 atom stereocenters. The van der Waals surface area contributed by atoms with Crippen LogP contribution in [0.4, 0.5) is 0 Å². The Hall–Kier alpha value is -1.31. The first kappa shape index (κ1) is 11.2. The second kappa shape index (κ2) is 4.28. The van der Waals surface area contributed by atoms with Crippen molar-refractivity contribution in [3.05, 3.63) is 36.1 Å². The third-order valence-corrected chi connectivity index (χ3v) is 3.61. The molecule has 2 rings (SSSR count). The largest absolute Gasteiger partial charge is 0.501 e. The van der Waals surface area contributed by atoms with E-state index in [2.05, 4.69) is 12.7 Å². The number of allylic oxidation sites excluding steroid dienone is 4. The second-order valence-electron chi connectivity index (χ2n) is 4.49. The zero-order valence-electron chi connectivity index (χ0n) is 9.79. The van der Waals surface area contributed by atoms with Gasteiger partial charge in [0.15, 0.2) is 0 Å². The minimum atomic E-state index is -0.427. The molecule has 0 N–H and O–H groups in total. The molecular formula is C14H18O2. The summed E-state index contributed by atoms with van der Waals surface area (Å²) >= 11 is 0. The van der Waals surface area contributed by atoms with Gasteiger partial charge >= 0.3 is 0 Å². The van der Waals surface area contributed by atoms with Crippen molar-refractivity contribution in [2.24, 2.45) is 5.41 Å². The molecule has 0 bridgehead atoms. The minimum absolute atomic E-state index is 0.319. The lowest BCUT2D eigenvalue weighted by Crippen LogP contribution is -2.36. The van der Waals surface area contributed by atoms with Gasteiger partial charge < -0.3 is 4.74 Å². The molecule has 16 heavy (non-hydrogen) atoms. The van der Waals surface area contributed by atoms with Crippen molar-refractivity contribution in [1.29, 1.82) is 0 Å². The van der Waals surface area contributed by atoms with E-state index in [1.54, 1.807) is 7.11 Å². The van der Waals surface area contributed by atoms with E-state index in [0.29, 0.717) is 18.6 Å². The summed E-state index contributed by atoms with van der Waals surface area (Å²) in [4.78, 5) is 12.2. The van der Waals surface area contributed by atoms with Crippen LogP contribution >= 0.6 is 0 Å². The highest BCUT2D eigenvalue weighted by Gasteiger charge is 2.42. The van der Waals surface area contributed by atoms with Crippen LogP contribution in [0, 0.1) is 5.41 Å². The van der Waals surface area contributed by atoms with Crippen molar-refractivity contribution in [2.45, 2.75) is 32.1 Å². The van der Waals surface area contributed by atoms with E-state index in [0.717, 1.165) is 25.0 Å². The topological polar surface area (TPSA) is 26.3 Å². The van der Waals surface area contributed by atoms with Crippen molar-refractivity contribution in [3.63, 3.8) is 0 Å². The Morgan fingerprint density at radius 3 is 3.06 bits per heavy atom. The summed E-state index contributed by atoms with van der Waals surface area (Å²) in [7, 11) is 1.67. The van der Waals surface area contributed by atoms with Gasteiger partial charge in [-0.3, -0.25) is 4.79 Å². The van der Waals surface area contributed by atoms with Crippen molar-refractivity contribution in [2.75, 3.05) is 7.11 Å². The quantitative estimate of drug-likeness (QED) is 0.680. The Bertz CT molecular complexity index is 376. The predicted molar refractivity (Wildman–Crippen MR) is 63.9 cm³/mol. The molecule has 2 aliphatic rings. The zero-order valence-corrected chi connectivity index (χ0v) is 9.79. The highest BCUT2D eigenvalue weighted by Crippen LogP contribution is 2.46. The molecule has 2 heteroatoms. The third kappa shape index (κ3) is 1.62. The fourth-order valence-corrected chi connectivity index (χ4v) is 2.75. The van der Waals surface area contributed by atoms with Crippen molar-refractivity contribution >= 4 is 5.78 Å². The standard InChI is InChI=1S/C14H18O2/c1-3-9-14-10-12(16-2)8-7-11(14)5-4-6-13(14)15/h3,7,10H,1,4-6,8-9H2,2H3/t14-/m0/s1. The minimum Gasteiger partial charge on any atom is -0.501 e. The molecule has 0 heterocycles. The third-order valence-electron chi connectivity index (χ3n) is 3.61. The molecule has 0 saturated heterocycles. The molecule has 0 aliphatic heterocycles. The van der Waals surface area contributed by atoms with Gasteiger partial charge in [-0.15, -0.1) is 6.58 Å². The SMILES string of the molecule is C=CC[C@]12C=C(OC)CC=C1CCCC2=O. The van der Waals surface area contributed by atoms with Gasteiger partial charge in [0.05, 0.1) is 18.3 Å². The van der Waals surface area contributed by atoms with Gasteiger partial charge in [-0.2, -0.15) is 0 Å². The number of hydrogen-bond donors (Lipinski definition) is 0. The van der Waals surface area contributed by atoms with Gasteiger partial charge in [0, 0.05) is 12.8 Å². The molecule has 2 nitrogen and oxygen atoms in total. The molecule has 0 unspecified atom stereocenters. The van der Waals surface area contributed by atoms with Gasteiger partial charge in [-0.05, 0) is 25.3 Å². The number of hydrogen-bond acceptors (Lipinski definition) is 2. The number of rotatable bonds is 3. The predicted octanol–water partition coefficient (Wildman–Crippen LogP) is 3.16. The Morgan fingerprint density at radius 1 is 1.56 bits per heavy atom. The van der Waals surface area contributed by atoms with Crippen LogP contribution < -0.4 is 0 Å². The Kier molecular flexibility index (Phi) is 2.99. The van der Waals surface area contributed by atoms with Gasteiger partial charge in [0.2, 0.25) is 0 Å². The van der Waals surface area contributed by atoms with Crippen LogP contribution in [0.25, 0.3) is 0 Å². The summed E-state index contributed by atoms with van der Waals surface area (Å²) in [6.45, 7) is 3.78. The van der Waals surface area contributed by atoms with Gasteiger partial charge in [-0.25, -0.2) is 0 Å². The monoisotopic (exact) mass is 218 g/mol. The molecule has 0 radical (unpaired) electrons. The van der Waals surface area contributed by atoms with E-state index in [1.165, 1.54) is 5.57 Å². The maximum absolute atomic E-state index is 12.2. The first-order chi connectivity index (χ1) is 7.73. The summed E-state index contributed by atoms with van der Waals surface area (Å²) in [5.74, 6) is 1.22. The van der Waals surface area contributed by atoms with Crippen molar-refractivity contribution < 1.29 is 9.53 Å². The lowest BCUT2D eigenvalue weighted by Gasteiger charge is -2.38. The first-order valence-corrected chi connectivity index (χ1v) is 5.82. The Morgan fingerprint density at radius 2 is 2.38 bits per heavy atom. The Balaban J connectivity index is 2.43. The molecule has 1 fully saturated rings. The maximum atomic E-state index is 12.2. The molecule has 1 saturated carbocycles. The molecule has 0 aromatic carbocycles. The number of carbonyl (C=O) groups is 1. The average Bonchev–Trinajstić information content (AvgIpc) is 2.30. The summed E-state index contributed by atoms with van der Waals surface area (Å²) in [6.07, 6.45) is 10.2. The van der Waals surface area contributed by atoms with Crippen LogP contribution in [0.5, 0.6) is 0 Å². The molecule has 0 amide bonds. The number of Topliss-reactive ketones (excluding diaryl/α,β-unsaturated/α-hetero) is 1. The Labute approximate surface area is 96.7 Å². The van der Waals surface area contributed by atoms with E-state index in [4.69, 9.17) is 4.74 Å². The van der Waals surface area contributed by atoms with Crippen molar-refractivity contribution in [1.82, 2.24) is 0 Å². The molecule has 0 spiro atoms. The van der Waals surface area contributed by atoms with Crippen LogP contribution in [0.3, 0.4) is 0 Å². The number of fused-ring (bicyclic) bond motifs is 1. The fourth-order valence-electron chi connectivity index (χ4n) is 2.75. The van der Waals surface area contributed by atoms with Crippen LogP contribution in [-0.2, 0) is 9.53 Å². The summed E-state index contributed by atoms with van der Waals surface area (Å²) in [5.41, 5.74) is 0.841. The number of methoxy groups -OCH3 is 1. The number of carbonyl (C=O) groups excluding carboxylic acids is 1. The second-order valence-corrected chi connectivity index (χ2v) is 4.49. The van der Waals surface area contributed by atoms with Crippen molar-refractivity contribution in [3.8, 4) is 0 Å². The molecule has 0 aromatic rings. The summed E-state index contributed by atoms with van der Waals surface area (Å²) in [5, 5.41) is 0. The number of ketones is 1. The number of ether oxygens (including phenoxy) is 1. The van der Waals surface area contributed by atoms with E-state index in [1.807, 2.05) is 12.2 Å². The summed E-state index contributed by atoms with van der Waals surface area (Å²) < 4.78 is 5.29. The van der Waals surface area contributed by atoms with Gasteiger partial charge in [0.1, 0.15) is 5.78 Å². The van der Waals surface area contributed by atoms with E-state index < -0.39 is 5.41 Å². The van der Waals surface area contributed by atoms with E-state index >= 15 is 0 Å². The van der Waals surface area contributed by atoms with Crippen LogP contribution in [0.1, 0.15) is 32.1 Å². The summed E-state index contributed by atoms with van der Waals surface area (Å²) in [6, 6.07) is 0. The highest BCUT2D eigenvalue weighted by atomic mass is 16.5. The smallest absolute Gasteiger partial charge is 0.147 e. The molecule has 0 aromatic heterocycles. The van der Waals surface area contributed by atoms with E-state index in [9.17, 15) is 4.79 Å². The van der Waals surface area contributed by atoms with Crippen LogP contribution in [0.15, 0.2) is 36.1 Å². The average molecular weight is 218 g/mol. The van der Waals surface area contributed by atoms with Gasteiger partial charge in [0.25, 0.3) is 0 Å². The van der Waals surface area contributed by atoms with Gasteiger partial charge in [-0.1, -0.05) is 17.7 Å². The highest BCUT2D eigenvalue weighted by molar-refractivity contribution is 5.91. The molecule has 86 valence electrons. The molecule has 2 aliphatic carbocycles. The van der Waals surface area contributed by atoms with E-state index in [-0.39, 0.29) is 0 Å². The first-order valence-electron chi connectivity index (χ1n) is 5.82. The van der Waals surface area contributed by atoms with Crippen LogP contribution in [-0.4, -0.2) is 12.9 Å².